The number of anilines is 1. The van der Waals surface area contributed by atoms with E-state index in [2.05, 4.69) is 10.6 Å². The Hall–Kier alpha value is -1.61. The number of rotatable bonds is 5. The molecule has 160 valence electrons. The zero-order valence-corrected chi connectivity index (χ0v) is 18.2. The number of carbonyl (C=O) groups excluding carboxylic acids is 3. The number of ether oxygens (including phenoxy) is 1. The number of hydrogen-bond donors (Lipinski definition) is 2. The zero-order chi connectivity index (χ0) is 21.0. The molecule has 2 N–H and O–H groups in total. The van der Waals surface area contributed by atoms with Crippen LogP contribution in [0.5, 0.6) is 0 Å². The maximum atomic E-state index is 13.6. The minimum absolute atomic E-state index is 0.121. The molecular weight excluding hydrogens is 426 g/mol. The minimum Gasteiger partial charge on any atom is -0.376 e. The topological polar surface area (TPSA) is 87.7 Å². The molecule has 4 heterocycles. The van der Waals surface area contributed by atoms with Crippen molar-refractivity contribution in [2.45, 2.75) is 36.9 Å². The van der Waals surface area contributed by atoms with E-state index in [9.17, 15) is 14.4 Å². The van der Waals surface area contributed by atoms with Gasteiger partial charge in [0.15, 0.2) is 0 Å². The van der Waals surface area contributed by atoms with E-state index in [1.54, 1.807) is 23.9 Å². The van der Waals surface area contributed by atoms with Crippen LogP contribution in [-0.4, -0.2) is 59.9 Å². The molecule has 0 saturated carbocycles. The fourth-order valence-corrected chi connectivity index (χ4v) is 6.23. The van der Waals surface area contributed by atoms with Crippen molar-refractivity contribution in [3.63, 3.8) is 0 Å². The molecule has 3 amide bonds. The molecule has 9 heteroatoms. The lowest BCUT2D eigenvalue weighted by molar-refractivity contribution is -0.144. The van der Waals surface area contributed by atoms with Gasteiger partial charge in [0, 0.05) is 18.2 Å². The van der Waals surface area contributed by atoms with Gasteiger partial charge in [-0.1, -0.05) is 23.7 Å². The second kappa shape index (κ2) is 7.51. The van der Waals surface area contributed by atoms with Crippen molar-refractivity contribution < 1.29 is 19.1 Å². The van der Waals surface area contributed by atoms with Crippen LogP contribution >= 0.6 is 23.4 Å². The molecule has 1 aromatic carbocycles. The van der Waals surface area contributed by atoms with Crippen LogP contribution in [0.25, 0.3) is 0 Å². The number of hydrogen-bond acceptors (Lipinski definition) is 6. The lowest BCUT2D eigenvalue weighted by Crippen LogP contribution is -2.53. The highest BCUT2D eigenvalue weighted by Gasteiger charge is 2.70. The molecule has 1 aromatic rings. The van der Waals surface area contributed by atoms with Crippen LogP contribution in [0.2, 0.25) is 5.02 Å². The average molecular weight is 450 g/mol. The molecule has 0 aromatic heterocycles. The van der Waals surface area contributed by atoms with Gasteiger partial charge in [0.1, 0.15) is 5.54 Å². The average Bonchev–Trinajstić information content (AvgIpc) is 3.47. The van der Waals surface area contributed by atoms with Crippen molar-refractivity contribution in [1.82, 2.24) is 10.2 Å². The molecule has 4 aliphatic rings. The number of nitrogens with zero attached hydrogens (tertiary/aromatic N) is 1. The summed E-state index contributed by atoms with van der Waals surface area (Å²) in [6, 6.07) is 5.05. The number of nitrogens with one attached hydrogen (secondary N) is 2. The number of likely N-dealkylation sites (tertiary alicyclic amines) is 1. The minimum atomic E-state index is -1.27. The highest BCUT2D eigenvalue weighted by Crippen LogP contribution is 2.54. The number of fused-ring (bicyclic) bond motifs is 4. The molecule has 30 heavy (non-hydrogen) atoms. The lowest BCUT2D eigenvalue weighted by Gasteiger charge is -2.30. The van der Waals surface area contributed by atoms with Crippen LogP contribution in [0, 0.1) is 11.8 Å². The van der Waals surface area contributed by atoms with Crippen LogP contribution in [-0.2, 0) is 24.7 Å². The molecule has 0 unspecified atom stereocenters. The van der Waals surface area contributed by atoms with E-state index in [0.717, 1.165) is 18.6 Å². The predicted octanol–water partition coefficient (Wildman–Crippen LogP) is 1.99. The van der Waals surface area contributed by atoms with Crippen molar-refractivity contribution in [3.8, 4) is 0 Å². The van der Waals surface area contributed by atoms with E-state index in [0.29, 0.717) is 29.3 Å². The molecule has 3 fully saturated rings. The van der Waals surface area contributed by atoms with E-state index < -0.39 is 17.4 Å². The van der Waals surface area contributed by atoms with Crippen molar-refractivity contribution in [2.24, 2.45) is 11.8 Å². The van der Waals surface area contributed by atoms with E-state index in [1.807, 2.05) is 12.3 Å². The summed E-state index contributed by atoms with van der Waals surface area (Å²) in [5, 5.41) is 6.72. The monoisotopic (exact) mass is 449 g/mol. The first-order valence-corrected chi connectivity index (χ1v) is 12.1. The van der Waals surface area contributed by atoms with Crippen LogP contribution in [0.15, 0.2) is 18.2 Å². The summed E-state index contributed by atoms with van der Waals surface area (Å²) in [7, 11) is 0. The number of para-hydroxylation sites is 1. The summed E-state index contributed by atoms with van der Waals surface area (Å²) in [4.78, 5) is 41.7. The number of thioether (sulfide) groups is 1. The summed E-state index contributed by atoms with van der Waals surface area (Å²) in [6.07, 6.45) is 4.35. The van der Waals surface area contributed by atoms with Crippen LogP contribution in [0.4, 0.5) is 5.69 Å². The van der Waals surface area contributed by atoms with Crippen molar-refractivity contribution >= 4 is 46.8 Å². The van der Waals surface area contributed by atoms with Gasteiger partial charge in [0.05, 0.1) is 35.2 Å². The Morgan fingerprint density at radius 1 is 1.30 bits per heavy atom. The standard InChI is InChI=1S/C21H24ClN3O4S/c1-30-9-7-14-15-16(19(27)25(18(15)26)10-11-4-3-8-29-11)21(24-14)12-5-2-6-13(22)17(12)23-20(21)28/h2,5-6,11,14-16,24H,3-4,7-10H2,1H3,(H,23,28)/t11-,14-,15+,16-,21-/m0/s1. The van der Waals surface area contributed by atoms with E-state index in [-0.39, 0.29) is 36.4 Å². The number of carbonyl (C=O) groups is 3. The van der Waals surface area contributed by atoms with Gasteiger partial charge in [0.2, 0.25) is 17.7 Å². The smallest absolute Gasteiger partial charge is 0.250 e. The second-order valence-electron chi connectivity index (χ2n) is 8.38. The highest BCUT2D eigenvalue weighted by atomic mass is 35.5. The van der Waals surface area contributed by atoms with Gasteiger partial charge in [-0.25, -0.2) is 0 Å². The quantitative estimate of drug-likeness (QED) is 0.668. The predicted molar refractivity (Wildman–Crippen MR) is 114 cm³/mol. The first-order valence-electron chi connectivity index (χ1n) is 10.3. The molecule has 0 radical (unpaired) electrons. The number of amides is 3. The van der Waals surface area contributed by atoms with Gasteiger partial charge in [-0.05, 0) is 37.3 Å². The molecule has 3 saturated heterocycles. The molecule has 5 atom stereocenters. The Morgan fingerprint density at radius 2 is 2.13 bits per heavy atom. The van der Waals surface area contributed by atoms with Gasteiger partial charge in [-0.3, -0.25) is 24.6 Å². The largest absolute Gasteiger partial charge is 0.376 e. The fourth-order valence-electron chi connectivity index (χ4n) is 5.52. The Bertz CT molecular complexity index is 922. The zero-order valence-electron chi connectivity index (χ0n) is 16.7. The molecule has 1 spiro atoms. The second-order valence-corrected chi connectivity index (χ2v) is 9.78. The molecular formula is C21H24ClN3O4S. The molecule has 0 aliphatic carbocycles. The molecule has 4 aliphatic heterocycles. The Kier molecular flexibility index (Phi) is 5.08. The molecule has 0 bridgehead atoms. The van der Waals surface area contributed by atoms with E-state index in [1.165, 1.54) is 4.90 Å². The van der Waals surface area contributed by atoms with Crippen molar-refractivity contribution in [2.75, 3.05) is 30.5 Å². The Morgan fingerprint density at radius 3 is 2.87 bits per heavy atom. The van der Waals surface area contributed by atoms with Gasteiger partial charge >= 0.3 is 0 Å². The number of imide groups is 1. The van der Waals surface area contributed by atoms with Crippen molar-refractivity contribution in [1.29, 1.82) is 0 Å². The third kappa shape index (κ3) is 2.77. The summed E-state index contributed by atoms with van der Waals surface area (Å²) in [5.41, 5.74) is -0.0908. The molecule has 5 rings (SSSR count). The normalized spacial score (nSPS) is 34.7. The van der Waals surface area contributed by atoms with Crippen LogP contribution in [0.1, 0.15) is 24.8 Å². The SMILES string of the molecule is CSCC[C@@H]1N[C@]2(C(=O)Nc3c(Cl)cccc32)[C@@H]2C(=O)N(C[C@@H]3CCCO3)C(=O)[C@H]12. The van der Waals surface area contributed by atoms with E-state index >= 15 is 0 Å². The first kappa shape index (κ1) is 20.3. The van der Waals surface area contributed by atoms with Gasteiger partial charge in [-0.2, -0.15) is 11.8 Å². The number of halogens is 1. The van der Waals surface area contributed by atoms with Gasteiger partial charge < -0.3 is 10.1 Å². The maximum absolute atomic E-state index is 13.6. The third-order valence-electron chi connectivity index (χ3n) is 6.83. The van der Waals surface area contributed by atoms with Gasteiger partial charge in [0.25, 0.3) is 0 Å². The summed E-state index contributed by atoms with van der Waals surface area (Å²) in [6.45, 7) is 0.921. The van der Waals surface area contributed by atoms with Crippen LogP contribution in [0.3, 0.4) is 0 Å². The molecule has 7 nitrogen and oxygen atoms in total. The summed E-state index contributed by atoms with van der Waals surface area (Å²) >= 11 is 8.02. The third-order valence-corrected chi connectivity index (χ3v) is 7.79. The maximum Gasteiger partial charge on any atom is 0.250 e. The number of benzene rings is 1. The highest BCUT2D eigenvalue weighted by molar-refractivity contribution is 7.98. The van der Waals surface area contributed by atoms with Crippen LogP contribution < -0.4 is 10.6 Å². The lowest BCUT2D eigenvalue weighted by atomic mass is 9.76. The fraction of sp³-hybridized carbons (Fsp3) is 0.571. The first-order chi connectivity index (χ1) is 14.5. The summed E-state index contributed by atoms with van der Waals surface area (Å²) in [5.74, 6) is -1.32. The van der Waals surface area contributed by atoms with Gasteiger partial charge in [-0.15, -0.1) is 0 Å². The van der Waals surface area contributed by atoms with E-state index in [4.69, 9.17) is 16.3 Å². The summed E-state index contributed by atoms with van der Waals surface area (Å²) < 4.78 is 5.67. The van der Waals surface area contributed by atoms with Crippen molar-refractivity contribution in [3.05, 3.63) is 28.8 Å². The Labute approximate surface area is 184 Å². The Balaban J connectivity index is 1.57.